The number of benzene rings is 1. The van der Waals surface area contributed by atoms with Gasteiger partial charge in [-0.15, -0.1) is 0 Å². The Morgan fingerprint density at radius 3 is 1.97 bits per heavy atom. The number of hydrogen-bond acceptors (Lipinski definition) is 6. The number of nitrogens with zero attached hydrogens (tertiary/aromatic N) is 2. The Morgan fingerprint density at radius 1 is 1.13 bits per heavy atom. The van der Waals surface area contributed by atoms with Gasteiger partial charge in [0.2, 0.25) is 5.91 Å². The van der Waals surface area contributed by atoms with Crippen molar-refractivity contribution in [1.82, 2.24) is 4.90 Å². The fraction of sp³-hybridized carbons (Fsp3) is 0.375. The van der Waals surface area contributed by atoms with Crippen molar-refractivity contribution in [2.24, 2.45) is 16.7 Å². The number of carboxylic acids is 2. The Morgan fingerprint density at radius 2 is 1.61 bits per heavy atom. The minimum Gasteiger partial charge on any atom is -0.475 e. The molecule has 0 unspecified atom stereocenters. The number of hydrogen-bond donors (Lipinski definition) is 4. The van der Waals surface area contributed by atoms with E-state index in [9.17, 15) is 31.1 Å². The average molecular weight is 460 g/mol. The Kier molecular flexibility index (Phi) is 10.5. The molecule has 0 saturated carbocycles. The Balaban J connectivity index is 0.000000536. The third kappa shape index (κ3) is 10.8. The minimum atomic E-state index is -5.08. The Hall–Kier alpha value is -3.36. The van der Waals surface area contributed by atoms with E-state index in [0.29, 0.717) is 6.54 Å². The molecular formula is C16H18F6N4O5. The van der Waals surface area contributed by atoms with Gasteiger partial charge < -0.3 is 26.7 Å². The van der Waals surface area contributed by atoms with Crippen LogP contribution in [0.4, 0.5) is 26.3 Å². The fourth-order valence-electron chi connectivity index (χ4n) is 2.00. The zero-order valence-corrected chi connectivity index (χ0v) is 15.5. The molecule has 6 N–H and O–H groups in total. The number of rotatable bonds is 3. The minimum absolute atomic E-state index is 0.0305. The molecule has 1 aliphatic heterocycles. The van der Waals surface area contributed by atoms with Crippen LogP contribution in [-0.4, -0.2) is 64.1 Å². The summed E-state index contributed by atoms with van der Waals surface area (Å²) in [5, 5.41) is 17.7. The van der Waals surface area contributed by atoms with Gasteiger partial charge in [0.15, 0.2) is 0 Å². The zero-order chi connectivity index (χ0) is 24.4. The molecule has 1 aromatic carbocycles. The van der Waals surface area contributed by atoms with E-state index < -0.39 is 24.3 Å². The maximum absolute atomic E-state index is 11.7. The van der Waals surface area contributed by atoms with Crippen LogP contribution < -0.4 is 11.6 Å². The van der Waals surface area contributed by atoms with Crippen LogP contribution in [-0.2, 0) is 20.9 Å². The molecule has 1 saturated heterocycles. The first-order chi connectivity index (χ1) is 14.1. The molecule has 0 radical (unpaired) electrons. The fourth-order valence-corrected chi connectivity index (χ4v) is 2.00. The normalized spacial score (nSPS) is 16.3. The van der Waals surface area contributed by atoms with Crippen LogP contribution in [0.1, 0.15) is 17.5 Å². The van der Waals surface area contributed by atoms with Gasteiger partial charge in [-0.25, -0.2) is 9.59 Å². The summed E-state index contributed by atoms with van der Waals surface area (Å²) in [5.74, 6) is -0.381. The van der Waals surface area contributed by atoms with Gasteiger partial charge in [0, 0.05) is 13.1 Å². The lowest BCUT2D eigenvalue weighted by atomic mass is 10.1. The smallest absolute Gasteiger partial charge is 0.475 e. The zero-order valence-electron chi connectivity index (χ0n) is 15.5. The van der Waals surface area contributed by atoms with E-state index in [1.807, 2.05) is 24.3 Å². The van der Waals surface area contributed by atoms with Crippen molar-refractivity contribution < 1.29 is 50.9 Å². The highest BCUT2D eigenvalue weighted by Crippen LogP contribution is 2.15. The summed E-state index contributed by atoms with van der Waals surface area (Å²) in [6.45, 7) is 1.33. The molecule has 174 valence electrons. The van der Waals surface area contributed by atoms with E-state index in [0.717, 1.165) is 24.1 Å². The molecule has 1 aliphatic rings. The van der Waals surface area contributed by atoms with Crippen molar-refractivity contribution in [2.45, 2.75) is 31.4 Å². The first-order valence-electron chi connectivity index (χ1n) is 8.06. The van der Waals surface area contributed by atoms with Crippen LogP contribution in [0.5, 0.6) is 0 Å². The number of halogens is 6. The molecule has 1 amide bonds. The van der Waals surface area contributed by atoms with Crippen molar-refractivity contribution in [3.8, 4) is 0 Å². The highest BCUT2D eigenvalue weighted by atomic mass is 19.4. The van der Waals surface area contributed by atoms with E-state index in [4.69, 9.17) is 31.4 Å². The number of amides is 1. The maximum atomic E-state index is 11.7. The van der Waals surface area contributed by atoms with Gasteiger partial charge in [-0.3, -0.25) is 4.79 Å². The van der Waals surface area contributed by atoms with Gasteiger partial charge in [0.25, 0.3) is 0 Å². The van der Waals surface area contributed by atoms with Crippen molar-refractivity contribution in [2.75, 3.05) is 6.54 Å². The van der Waals surface area contributed by atoms with E-state index in [-0.39, 0.29) is 11.9 Å². The topological polar surface area (TPSA) is 159 Å². The summed E-state index contributed by atoms with van der Waals surface area (Å²) < 4.78 is 63.5. The van der Waals surface area contributed by atoms with Crippen LogP contribution in [0.25, 0.3) is 0 Å². The van der Waals surface area contributed by atoms with Gasteiger partial charge in [0.1, 0.15) is 0 Å². The first kappa shape index (κ1) is 27.6. The Bertz CT molecular complexity index is 773. The number of hydrazone groups is 1. The number of alkyl halides is 6. The molecule has 2 rings (SSSR count). The van der Waals surface area contributed by atoms with Crippen LogP contribution >= 0.6 is 0 Å². The third-order valence-electron chi connectivity index (χ3n) is 3.37. The monoisotopic (exact) mass is 460 g/mol. The van der Waals surface area contributed by atoms with Gasteiger partial charge in [-0.1, -0.05) is 18.2 Å². The van der Waals surface area contributed by atoms with Gasteiger partial charge >= 0.3 is 24.3 Å². The third-order valence-corrected chi connectivity index (χ3v) is 3.37. The van der Waals surface area contributed by atoms with Crippen LogP contribution in [0, 0.1) is 0 Å². The van der Waals surface area contributed by atoms with Gasteiger partial charge in [-0.2, -0.15) is 31.4 Å². The number of nitrogens with two attached hydrogens (primary N) is 2. The summed E-state index contributed by atoms with van der Waals surface area (Å²) in [4.78, 5) is 31.2. The van der Waals surface area contributed by atoms with Crippen molar-refractivity contribution in [3.63, 3.8) is 0 Å². The first-order valence-corrected chi connectivity index (χ1v) is 8.06. The van der Waals surface area contributed by atoms with E-state index in [1.165, 1.54) is 0 Å². The molecule has 9 nitrogen and oxygen atoms in total. The SMILES string of the molecule is NN=Cc1cccc(CN2CC[C@H](N)C2=O)c1.O=C(O)C(F)(F)F.O=C(O)C(F)(F)F. The van der Waals surface area contributed by atoms with E-state index in [1.54, 1.807) is 11.1 Å². The molecule has 1 heterocycles. The summed E-state index contributed by atoms with van der Waals surface area (Å²) in [6, 6.07) is 7.45. The molecular weight excluding hydrogens is 442 g/mol. The van der Waals surface area contributed by atoms with Crippen molar-refractivity contribution in [1.29, 1.82) is 0 Å². The molecule has 0 aliphatic carbocycles. The standard InChI is InChI=1S/C12H16N4O.2C2HF3O2/c13-11-4-5-16(12(11)17)8-10-3-1-2-9(6-10)7-15-14;2*3-2(4,5)1(6)7/h1-3,6-7,11H,4-5,8,13-14H2;2*(H,6,7)/t11-;;/m0../s1. The highest BCUT2D eigenvalue weighted by molar-refractivity contribution is 5.84. The number of carbonyl (C=O) groups is 3. The predicted molar refractivity (Wildman–Crippen MR) is 93.6 cm³/mol. The molecule has 31 heavy (non-hydrogen) atoms. The molecule has 1 aromatic rings. The second-order valence-corrected chi connectivity index (χ2v) is 5.78. The lowest BCUT2D eigenvalue weighted by Crippen LogP contribution is -2.33. The van der Waals surface area contributed by atoms with Crippen molar-refractivity contribution >= 4 is 24.1 Å². The second-order valence-electron chi connectivity index (χ2n) is 5.78. The highest BCUT2D eigenvalue weighted by Gasteiger charge is 2.38. The predicted octanol–water partition coefficient (Wildman–Crippen LogP) is 1.31. The van der Waals surface area contributed by atoms with Crippen molar-refractivity contribution in [3.05, 3.63) is 35.4 Å². The van der Waals surface area contributed by atoms with Crippen LogP contribution in [0.15, 0.2) is 29.4 Å². The summed E-state index contributed by atoms with van der Waals surface area (Å²) in [7, 11) is 0. The van der Waals surface area contributed by atoms with E-state index >= 15 is 0 Å². The number of aliphatic carboxylic acids is 2. The molecule has 1 fully saturated rings. The molecule has 0 bridgehead atoms. The second kappa shape index (κ2) is 11.7. The summed E-state index contributed by atoms with van der Waals surface area (Å²) in [6.07, 6.45) is -7.84. The Labute approximate surface area is 170 Å². The maximum Gasteiger partial charge on any atom is 0.490 e. The van der Waals surface area contributed by atoms with Gasteiger partial charge in [0.05, 0.1) is 12.3 Å². The lowest BCUT2D eigenvalue weighted by molar-refractivity contribution is -0.193. The molecule has 0 aromatic heterocycles. The summed E-state index contributed by atoms with van der Waals surface area (Å²) in [5.41, 5.74) is 7.66. The quantitative estimate of drug-likeness (QED) is 0.229. The molecule has 0 spiro atoms. The number of likely N-dealkylation sites (tertiary alicyclic amines) is 1. The number of carboxylic acid groups (broad SMARTS) is 2. The molecule has 1 atom stereocenters. The lowest BCUT2D eigenvalue weighted by Gasteiger charge is -2.16. The molecule has 15 heteroatoms. The van der Waals surface area contributed by atoms with Crippen LogP contribution in [0.3, 0.4) is 0 Å². The largest absolute Gasteiger partial charge is 0.490 e. The number of carbonyl (C=O) groups excluding carboxylic acids is 1. The summed E-state index contributed by atoms with van der Waals surface area (Å²) >= 11 is 0. The average Bonchev–Trinajstić information content (AvgIpc) is 2.94. The van der Waals surface area contributed by atoms with Gasteiger partial charge in [-0.05, 0) is 23.6 Å². The van der Waals surface area contributed by atoms with E-state index in [2.05, 4.69) is 5.10 Å². The van der Waals surface area contributed by atoms with Crippen LogP contribution in [0.2, 0.25) is 0 Å².